The van der Waals surface area contributed by atoms with Gasteiger partial charge < -0.3 is 10.1 Å². The lowest BCUT2D eigenvalue weighted by Crippen LogP contribution is -2.35. The van der Waals surface area contributed by atoms with Gasteiger partial charge in [0.05, 0.1) is 11.1 Å². The molecule has 0 atom stereocenters. The molecule has 3 amide bonds. The summed E-state index contributed by atoms with van der Waals surface area (Å²) in [6.45, 7) is 0.215. The molecule has 0 fully saturated rings. The Balaban J connectivity index is 1.44. The number of carbonyl (C=O) groups is 3. The lowest BCUT2D eigenvalue weighted by molar-refractivity contribution is -0.274. The Morgan fingerprint density at radius 2 is 1.70 bits per heavy atom. The van der Waals surface area contributed by atoms with Crippen LogP contribution >= 0.6 is 15.9 Å². The number of rotatable bonds is 7. The smallest absolute Gasteiger partial charge is 0.406 e. The largest absolute Gasteiger partial charge is 0.573 e. The van der Waals surface area contributed by atoms with Crippen molar-refractivity contribution in [3.63, 3.8) is 0 Å². The van der Waals surface area contributed by atoms with Gasteiger partial charge in [-0.2, -0.15) is 0 Å². The summed E-state index contributed by atoms with van der Waals surface area (Å²) in [5, 5.41) is 2.66. The van der Waals surface area contributed by atoms with E-state index in [0.717, 1.165) is 10.5 Å². The molecule has 0 unspecified atom stereocenters. The minimum absolute atomic E-state index is 0.0424. The molecule has 1 aliphatic rings. The van der Waals surface area contributed by atoms with E-state index in [2.05, 4.69) is 26.0 Å². The maximum Gasteiger partial charge on any atom is 0.573 e. The van der Waals surface area contributed by atoms with Crippen molar-refractivity contribution >= 4 is 33.7 Å². The van der Waals surface area contributed by atoms with Gasteiger partial charge in [-0.25, -0.2) is 0 Å². The second-order valence-electron chi connectivity index (χ2n) is 6.49. The molecule has 3 rings (SSSR count). The highest BCUT2D eigenvalue weighted by molar-refractivity contribution is 9.10. The van der Waals surface area contributed by atoms with Crippen LogP contribution < -0.4 is 10.1 Å². The molecule has 1 heterocycles. The van der Waals surface area contributed by atoms with E-state index in [0.29, 0.717) is 22.0 Å². The van der Waals surface area contributed by atoms with Gasteiger partial charge in [-0.05, 0) is 42.3 Å². The summed E-state index contributed by atoms with van der Waals surface area (Å²) in [6, 6.07) is 10.2. The zero-order valence-electron chi connectivity index (χ0n) is 15.5. The lowest BCUT2D eigenvalue weighted by atomic mass is 10.1. The van der Waals surface area contributed by atoms with E-state index in [1.165, 1.54) is 24.3 Å². The van der Waals surface area contributed by atoms with E-state index in [1.807, 2.05) is 0 Å². The number of hydrogen-bond acceptors (Lipinski definition) is 4. The van der Waals surface area contributed by atoms with Gasteiger partial charge in [0, 0.05) is 24.0 Å². The summed E-state index contributed by atoms with van der Waals surface area (Å²) in [7, 11) is 0. The van der Waals surface area contributed by atoms with Crippen LogP contribution in [0.5, 0.6) is 5.75 Å². The summed E-state index contributed by atoms with van der Waals surface area (Å²) in [6.07, 6.45) is -4.39. The van der Waals surface area contributed by atoms with Crippen molar-refractivity contribution in [2.75, 3.05) is 13.1 Å². The van der Waals surface area contributed by atoms with Crippen LogP contribution in [0.15, 0.2) is 46.9 Å². The van der Waals surface area contributed by atoms with Crippen LogP contribution in [0.3, 0.4) is 0 Å². The summed E-state index contributed by atoms with van der Waals surface area (Å²) >= 11 is 3.26. The van der Waals surface area contributed by atoms with Crippen molar-refractivity contribution in [1.82, 2.24) is 10.2 Å². The molecule has 0 spiro atoms. The maximum atomic E-state index is 12.4. The van der Waals surface area contributed by atoms with Crippen molar-refractivity contribution in [1.29, 1.82) is 0 Å². The van der Waals surface area contributed by atoms with E-state index in [1.54, 1.807) is 18.2 Å². The van der Waals surface area contributed by atoms with Gasteiger partial charge in [-0.15, -0.1) is 13.2 Å². The minimum Gasteiger partial charge on any atom is -0.406 e. The van der Waals surface area contributed by atoms with Gasteiger partial charge in [0.1, 0.15) is 5.75 Å². The van der Waals surface area contributed by atoms with E-state index >= 15 is 0 Å². The fourth-order valence-corrected chi connectivity index (χ4v) is 3.33. The highest BCUT2D eigenvalue weighted by Crippen LogP contribution is 2.26. The number of nitrogens with zero attached hydrogens (tertiary/aromatic N) is 1. The second-order valence-corrected chi connectivity index (χ2v) is 7.41. The standard InChI is InChI=1S/C20H16BrF3N2O4/c21-13-3-6-15-16(11-13)19(29)26(18(15)28)10-8-17(27)25-9-7-12-1-4-14(5-2-12)30-20(22,23)24/h1-6,11H,7-10H2,(H,25,27). The first-order valence-corrected chi connectivity index (χ1v) is 9.70. The minimum atomic E-state index is -4.74. The monoisotopic (exact) mass is 484 g/mol. The molecule has 0 radical (unpaired) electrons. The number of amides is 3. The summed E-state index contributed by atoms with van der Waals surface area (Å²) in [5.74, 6) is -1.53. The normalized spacial score (nSPS) is 13.4. The number of hydrogen-bond donors (Lipinski definition) is 1. The van der Waals surface area contributed by atoms with E-state index in [4.69, 9.17) is 0 Å². The number of nitrogens with one attached hydrogen (secondary N) is 1. The molecule has 0 aliphatic carbocycles. The Labute approximate surface area is 178 Å². The number of halogens is 4. The SMILES string of the molecule is O=C(CCN1C(=O)c2ccc(Br)cc2C1=O)NCCc1ccc(OC(F)(F)F)cc1. The van der Waals surface area contributed by atoms with Crippen LogP contribution in [0.25, 0.3) is 0 Å². The molecular weight excluding hydrogens is 469 g/mol. The summed E-state index contributed by atoms with van der Waals surface area (Å²) < 4.78 is 40.9. The van der Waals surface area contributed by atoms with Gasteiger partial charge in [-0.3, -0.25) is 19.3 Å². The van der Waals surface area contributed by atoms with Gasteiger partial charge in [-0.1, -0.05) is 28.1 Å². The molecule has 6 nitrogen and oxygen atoms in total. The summed E-state index contributed by atoms with van der Waals surface area (Å²) in [5.41, 5.74) is 1.32. The van der Waals surface area contributed by atoms with Gasteiger partial charge in [0.2, 0.25) is 5.91 Å². The van der Waals surface area contributed by atoms with Crippen LogP contribution in [0.1, 0.15) is 32.7 Å². The molecule has 0 aromatic heterocycles. The molecule has 0 saturated carbocycles. The number of carbonyl (C=O) groups excluding carboxylic acids is 3. The van der Waals surface area contributed by atoms with Crippen molar-refractivity contribution in [3.8, 4) is 5.75 Å². The summed E-state index contributed by atoms with van der Waals surface area (Å²) in [4.78, 5) is 37.7. The number of alkyl halides is 3. The number of ether oxygens (including phenoxy) is 1. The van der Waals surface area contributed by atoms with Crippen LogP contribution in [0, 0.1) is 0 Å². The molecule has 1 N–H and O–H groups in total. The number of fused-ring (bicyclic) bond motifs is 1. The predicted molar refractivity (Wildman–Crippen MR) is 104 cm³/mol. The molecule has 2 aromatic carbocycles. The number of benzene rings is 2. The Morgan fingerprint density at radius 1 is 1.03 bits per heavy atom. The fraction of sp³-hybridized carbons (Fsp3) is 0.250. The first-order chi connectivity index (χ1) is 14.1. The molecule has 30 heavy (non-hydrogen) atoms. The van der Waals surface area contributed by atoms with Gasteiger partial charge in [0.15, 0.2) is 0 Å². The zero-order valence-corrected chi connectivity index (χ0v) is 17.0. The molecule has 10 heteroatoms. The van der Waals surface area contributed by atoms with Crippen molar-refractivity contribution in [2.45, 2.75) is 19.2 Å². The maximum absolute atomic E-state index is 12.4. The Morgan fingerprint density at radius 3 is 2.37 bits per heavy atom. The molecular formula is C20H16BrF3N2O4. The van der Waals surface area contributed by atoms with E-state index in [-0.39, 0.29) is 31.2 Å². The van der Waals surface area contributed by atoms with Gasteiger partial charge in [0.25, 0.3) is 11.8 Å². The highest BCUT2D eigenvalue weighted by Gasteiger charge is 2.35. The Kier molecular flexibility index (Phi) is 6.45. The van der Waals surface area contributed by atoms with Crippen LogP contribution in [-0.2, 0) is 11.2 Å². The third-order valence-electron chi connectivity index (χ3n) is 4.39. The van der Waals surface area contributed by atoms with E-state index < -0.39 is 18.2 Å². The average molecular weight is 485 g/mol. The van der Waals surface area contributed by atoms with Gasteiger partial charge >= 0.3 is 6.36 Å². The van der Waals surface area contributed by atoms with Crippen molar-refractivity contribution in [3.05, 3.63) is 63.6 Å². The fourth-order valence-electron chi connectivity index (χ4n) is 2.97. The first-order valence-electron chi connectivity index (χ1n) is 8.91. The second kappa shape index (κ2) is 8.86. The third-order valence-corrected chi connectivity index (χ3v) is 4.88. The topological polar surface area (TPSA) is 75.7 Å². The molecule has 0 bridgehead atoms. The Hall–Kier alpha value is -2.88. The quantitative estimate of drug-likeness (QED) is 0.608. The third kappa shape index (κ3) is 5.38. The predicted octanol–water partition coefficient (Wildman–Crippen LogP) is 3.69. The highest BCUT2D eigenvalue weighted by atomic mass is 79.9. The molecule has 158 valence electrons. The molecule has 2 aromatic rings. The first kappa shape index (κ1) is 21.8. The van der Waals surface area contributed by atoms with Crippen LogP contribution in [0.4, 0.5) is 13.2 Å². The van der Waals surface area contributed by atoms with Crippen LogP contribution in [0.2, 0.25) is 0 Å². The molecule has 1 aliphatic heterocycles. The average Bonchev–Trinajstić information content (AvgIpc) is 2.90. The van der Waals surface area contributed by atoms with Crippen molar-refractivity contribution < 1.29 is 32.3 Å². The zero-order chi connectivity index (χ0) is 21.9. The van der Waals surface area contributed by atoms with E-state index in [9.17, 15) is 27.6 Å². The van der Waals surface area contributed by atoms with Crippen LogP contribution in [-0.4, -0.2) is 42.1 Å². The van der Waals surface area contributed by atoms with Crippen molar-refractivity contribution in [2.24, 2.45) is 0 Å². The number of imide groups is 1. The lowest BCUT2D eigenvalue weighted by Gasteiger charge is -2.13. The Bertz CT molecular complexity index is 977. The molecule has 0 saturated heterocycles.